The van der Waals surface area contributed by atoms with Crippen LogP contribution in [0, 0.1) is 0 Å². The van der Waals surface area contributed by atoms with Crippen molar-refractivity contribution in [2.45, 2.75) is 12.6 Å². The average molecular weight is 295 g/mol. The van der Waals surface area contributed by atoms with E-state index in [2.05, 4.69) is 15.9 Å². The van der Waals surface area contributed by atoms with Gasteiger partial charge >= 0.3 is 6.18 Å². The molecule has 0 atom stereocenters. The molecule has 0 saturated carbocycles. The fraction of sp³-hybridized carbons (Fsp3) is 0.273. The summed E-state index contributed by atoms with van der Waals surface area (Å²) in [5, 5.41) is 10.2. The molecule has 5 heteroatoms. The number of allylic oxidation sites excluding steroid dienone is 1. The van der Waals surface area contributed by atoms with Crippen LogP contribution >= 0.6 is 15.9 Å². The second kappa shape index (κ2) is 5.39. The van der Waals surface area contributed by atoms with Gasteiger partial charge in [-0.15, -0.1) is 0 Å². The molecule has 0 aliphatic rings. The predicted molar refractivity (Wildman–Crippen MR) is 60.6 cm³/mol. The Morgan fingerprint density at radius 2 is 2.00 bits per heavy atom. The number of hydrogen-bond acceptors (Lipinski definition) is 1. The van der Waals surface area contributed by atoms with E-state index in [9.17, 15) is 18.3 Å². The van der Waals surface area contributed by atoms with Crippen molar-refractivity contribution >= 4 is 22.0 Å². The Morgan fingerprint density at radius 3 is 2.50 bits per heavy atom. The summed E-state index contributed by atoms with van der Waals surface area (Å²) in [7, 11) is 0. The molecule has 0 amide bonds. The van der Waals surface area contributed by atoms with Crippen molar-refractivity contribution in [3.05, 3.63) is 35.4 Å². The maximum atomic E-state index is 12.3. The average Bonchev–Trinajstić information content (AvgIpc) is 2.19. The maximum Gasteiger partial charge on any atom is 0.416 e. The monoisotopic (exact) mass is 294 g/mol. The van der Waals surface area contributed by atoms with Gasteiger partial charge in [-0.2, -0.15) is 13.2 Å². The molecule has 0 spiro atoms. The number of hydrogen-bond donors (Lipinski definition) is 1. The third kappa shape index (κ3) is 3.56. The van der Waals surface area contributed by atoms with Gasteiger partial charge in [0.25, 0.3) is 0 Å². The summed E-state index contributed by atoms with van der Waals surface area (Å²) in [6.07, 6.45) is -0.302. The van der Waals surface area contributed by atoms with Crippen LogP contribution in [0.5, 0.6) is 5.75 Å². The van der Waals surface area contributed by atoms with Gasteiger partial charge in [-0.25, -0.2) is 0 Å². The normalized spacial score (nSPS) is 12.2. The zero-order valence-electron chi connectivity index (χ0n) is 8.26. The molecule has 0 aliphatic heterocycles. The summed E-state index contributed by atoms with van der Waals surface area (Å²) in [6, 6.07) is 2.93. The highest BCUT2D eigenvalue weighted by molar-refractivity contribution is 9.09. The molecule has 1 rings (SSSR count). The van der Waals surface area contributed by atoms with Gasteiger partial charge in [-0.05, 0) is 18.6 Å². The second-order valence-corrected chi connectivity index (χ2v) is 3.94. The van der Waals surface area contributed by atoms with Crippen molar-refractivity contribution in [3.63, 3.8) is 0 Å². The number of phenols is 1. The molecule has 0 fully saturated rings. The Kier molecular flexibility index (Phi) is 4.41. The molecule has 1 N–H and O–H groups in total. The lowest BCUT2D eigenvalue weighted by Crippen LogP contribution is -2.04. The van der Waals surface area contributed by atoms with E-state index in [1.54, 1.807) is 12.2 Å². The lowest BCUT2D eigenvalue weighted by Gasteiger charge is -2.07. The quantitative estimate of drug-likeness (QED) is 0.828. The summed E-state index contributed by atoms with van der Waals surface area (Å²) in [6.45, 7) is 0. The first-order chi connectivity index (χ1) is 7.45. The molecule has 1 nitrogen and oxygen atoms in total. The first-order valence-electron chi connectivity index (χ1n) is 4.58. The highest BCUT2D eigenvalue weighted by atomic mass is 79.9. The SMILES string of the molecule is Oc1cc(C(F)(F)F)ccc1C=CCCBr. The molecule has 1 aromatic rings. The number of aromatic hydroxyl groups is 1. The van der Waals surface area contributed by atoms with Crippen LogP contribution in [0.2, 0.25) is 0 Å². The zero-order chi connectivity index (χ0) is 12.2. The van der Waals surface area contributed by atoms with Crippen molar-refractivity contribution in [1.82, 2.24) is 0 Å². The van der Waals surface area contributed by atoms with E-state index in [-0.39, 0.29) is 5.75 Å². The first-order valence-corrected chi connectivity index (χ1v) is 5.70. The molecule has 0 radical (unpaired) electrons. The molecule has 0 heterocycles. The van der Waals surface area contributed by atoms with Gasteiger partial charge < -0.3 is 5.11 Å². The van der Waals surface area contributed by atoms with E-state index < -0.39 is 11.7 Å². The van der Waals surface area contributed by atoms with E-state index in [1.807, 2.05) is 0 Å². The standard InChI is InChI=1S/C11H10BrF3O/c12-6-2-1-3-8-4-5-9(7-10(8)16)11(13,14)15/h1,3-5,7,16H,2,6H2. The number of alkyl halides is 4. The van der Waals surface area contributed by atoms with Gasteiger partial charge in [0.05, 0.1) is 5.56 Å². The van der Waals surface area contributed by atoms with Gasteiger partial charge in [0.15, 0.2) is 0 Å². The highest BCUT2D eigenvalue weighted by Gasteiger charge is 2.30. The number of phenolic OH excluding ortho intramolecular Hbond substituents is 1. The number of rotatable bonds is 3. The number of halogens is 4. The minimum absolute atomic E-state index is 0.361. The predicted octanol–water partition coefficient (Wildman–Crippen LogP) is 4.21. The van der Waals surface area contributed by atoms with Crippen LogP contribution in [0.25, 0.3) is 6.08 Å². The highest BCUT2D eigenvalue weighted by Crippen LogP contribution is 2.32. The van der Waals surface area contributed by atoms with Crippen molar-refractivity contribution < 1.29 is 18.3 Å². The van der Waals surface area contributed by atoms with Crippen molar-refractivity contribution in [2.75, 3.05) is 5.33 Å². The minimum atomic E-state index is -4.42. The molecule has 16 heavy (non-hydrogen) atoms. The van der Waals surface area contributed by atoms with Crippen LogP contribution in [-0.2, 0) is 6.18 Å². The Labute approximate surface area is 99.7 Å². The van der Waals surface area contributed by atoms with Crippen molar-refractivity contribution in [2.24, 2.45) is 0 Å². The molecule has 0 saturated heterocycles. The fourth-order valence-electron chi connectivity index (χ4n) is 1.13. The molecule has 88 valence electrons. The van der Waals surface area contributed by atoms with E-state index in [4.69, 9.17) is 0 Å². The van der Waals surface area contributed by atoms with Gasteiger partial charge in [-0.1, -0.05) is 34.1 Å². The minimum Gasteiger partial charge on any atom is -0.507 e. The smallest absolute Gasteiger partial charge is 0.416 e. The van der Waals surface area contributed by atoms with Gasteiger partial charge in [0.2, 0.25) is 0 Å². The van der Waals surface area contributed by atoms with Crippen LogP contribution < -0.4 is 0 Å². The maximum absolute atomic E-state index is 12.3. The molecule has 0 aromatic heterocycles. The Bertz CT molecular complexity index is 385. The lowest BCUT2D eigenvalue weighted by molar-refractivity contribution is -0.137. The largest absolute Gasteiger partial charge is 0.507 e. The lowest BCUT2D eigenvalue weighted by atomic mass is 10.1. The fourth-order valence-corrected chi connectivity index (χ4v) is 1.40. The van der Waals surface area contributed by atoms with E-state index in [0.717, 1.165) is 23.9 Å². The zero-order valence-corrected chi connectivity index (χ0v) is 9.85. The molecule has 0 bridgehead atoms. The third-order valence-corrected chi connectivity index (χ3v) is 2.39. The number of benzene rings is 1. The Hall–Kier alpha value is -0.970. The summed E-state index contributed by atoms with van der Waals surface area (Å²) in [5.41, 5.74) is -0.461. The molecule has 0 unspecified atom stereocenters. The van der Waals surface area contributed by atoms with Crippen LogP contribution in [0.3, 0.4) is 0 Å². The van der Waals surface area contributed by atoms with Crippen LogP contribution in [0.4, 0.5) is 13.2 Å². The molecular weight excluding hydrogens is 285 g/mol. The molecule has 1 aromatic carbocycles. The van der Waals surface area contributed by atoms with Gasteiger partial charge in [-0.3, -0.25) is 0 Å². The van der Waals surface area contributed by atoms with Crippen LogP contribution in [-0.4, -0.2) is 10.4 Å². The summed E-state index contributed by atoms with van der Waals surface area (Å²) < 4.78 is 36.8. The Morgan fingerprint density at radius 1 is 1.31 bits per heavy atom. The summed E-state index contributed by atoms with van der Waals surface area (Å²) in [4.78, 5) is 0. The summed E-state index contributed by atoms with van der Waals surface area (Å²) in [5.74, 6) is -0.361. The van der Waals surface area contributed by atoms with Gasteiger partial charge in [0.1, 0.15) is 5.75 Å². The van der Waals surface area contributed by atoms with E-state index in [0.29, 0.717) is 5.56 Å². The van der Waals surface area contributed by atoms with Crippen LogP contribution in [0.1, 0.15) is 17.5 Å². The summed E-state index contributed by atoms with van der Waals surface area (Å²) >= 11 is 3.22. The van der Waals surface area contributed by atoms with Crippen molar-refractivity contribution in [1.29, 1.82) is 0 Å². The third-order valence-electron chi connectivity index (χ3n) is 1.93. The molecular formula is C11H10BrF3O. The van der Waals surface area contributed by atoms with Crippen molar-refractivity contribution in [3.8, 4) is 5.75 Å². The second-order valence-electron chi connectivity index (χ2n) is 3.15. The van der Waals surface area contributed by atoms with Crippen LogP contribution in [0.15, 0.2) is 24.3 Å². The van der Waals surface area contributed by atoms with Gasteiger partial charge in [0, 0.05) is 10.9 Å². The van der Waals surface area contributed by atoms with E-state index >= 15 is 0 Å². The van der Waals surface area contributed by atoms with E-state index in [1.165, 1.54) is 6.07 Å². The topological polar surface area (TPSA) is 20.2 Å². The Balaban J connectivity index is 2.92. The first kappa shape index (κ1) is 13.1. The molecule has 0 aliphatic carbocycles.